The molecule has 0 atom stereocenters. The zero-order chi connectivity index (χ0) is 15.5. The summed E-state index contributed by atoms with van der Waals surface area (Å²) in [6, 6.07) is 8.02. The van der Waals surface area contributed by atoms with Crippen molar-refractivity contribution in [3.8, 4) is 11.3 Å². The number of likely N-dealkylation sites (N-methyl/N-ethyl adjacent to an activating group) is 1. The number of imidazole rings is 1. The molecule has 1 aliphatic carbocycles. The summed E-state index contributed by atoms with van der Waals surface area (Å²) in [6.45, 7) is 0.336. The number of nitrogens with zero attached hydrogens (tertiary/aromatic N) is 3. The van der Waals surface area contributed by atoms with Gasteiger partial charge in [0.05, 0.1) is 12.0 Å². The van der Waals surface area contributed by atoms with Crippen LogP contribution in [-0.4, -0.2) is 33.4 Å². The molecule has 0 bridgehead atoms. The van der Waals surface area contributed by atoms with Gasteiger partial charge in [0.25, 0.3) is 0 Å². The Morgan fingerprint density at radius 2 is 2.18 bits per heavy atom. The molecule has 0 saturated heterocycles. The lowest BCUT2D eigenvalue weighted by molar-refractivity contribution is -0.132. The van der Waals surface area contributed by atoms with Crippen LogP contribution in [0.3, 0.4) is 0 Å². The van der Waals surface area contributed by atoms with Gasteiger partial charge in [0.15, 0.2) is 0 Å². The molecule has 1 amide bonds. The summed E-state index contributed by atoms with van der Waals surface area (Å²) < 4.78 is 1.84. The Labute approximate surface area is 130 Å². The van der Waals surface area contributed by atoms with Crippen LogP contribution < -0.4 is 5.73 Å². The molecule has 5 nitrogen and oxygen atoms in total. The molecule has 1 saturated carbocycles. The second kappa shape index (κ2) is 6.22. The van der Waals surface area contributed by atoms with Gasteiger partial charge < -0.3 is 15.2 Å². The third-order valence-electron chi connectivity index (χ3n) is 4.40. The largest absolute Gasteiger partial charge is 0.399 e. The van der Waals surface area contributed by atoms with Crippen molar-refractivity contribution in [3.63, 3.8) is 0 Å². The van der Waals surface area contributed by atoms with Gasteiger partial charge in [-0.15, -0.1) is 0 Å². The number of benzene rings is 1. The molecule has 1 aromatic carbocycles. The third-order valence-corrected chi connectivity index (χ3v) is 4.40. The van der Waals surface area contributed by atoms with Crippen LogP contribution in [0.2, 0.25) is 0 Å². The lowest BCUT2D eigenvalue weighted by Crippen LogP contribution is -2.37. The average molecular weight is 298 g/mol. The summed E-state index contributed by atoms with van der Waals surface area (Å²) in [6.07, 6.45) is 8.31. The number of amides is 1. The molecule has 1 aliphatic rings. The number of nitrogen functional groups attached to an aromatic ring is 1. The summed E-state index contributed by atoms with van der Waals surface area (Å²) in [5.41, 5.74) is 8.31. The molecule has 0 radical (unpaired) electrons. The van der Waals surface area contributed by atoms with Crippen LogP contribution in [0.5, 0.6) is 0 Å². The highest BCUT2D eigenvalue weighted by atomic mass is 16.2. The second-order valence-corrected chi connectivity index (χ2v) is 6.00. The summed E-state index contributed by atoms with van der Waals surface area (Å²) in [7, 11) is 1.91. The minimum absolute atomic E-state index is 0.142. The monoisotopic (exact) mass is 298 g/mol. The summed E-state index contributed by atoms with van der Waals surface area (Å²) in [5.74, 6) is 0.142. The Hall–Kier alpha value is -2.30. The molecule has 22 heavy (non-hydrogen) atoms. The topological polar surface area (TPSA) is 64.2 Å². The molecule has 0 aliphatic heterocycles. The highest BCUT2D eigenvalue weighted by Gasteiger charge is 2.23. The number of anilines is 1. The van der Waals surface area contributed by atoms with Crippen molar-refractivity contribution in [3.05, 3.63) is 36.8 Å². The quantitative estimate of drug-likeness (QED) is 0.882. The number of aromatic nitrogens is 2. The van der Waals surface area contributed by atoms with Crippen molar-refractivity contribution in [2.24, 2.45) is 0 Å². The first-order chi connectivity index (χ1) is 10.6. The Morgan fingerprint density at radius 3 is 2.91 bits per heavy atom. The number of carbonyl (C=O) groups is 1. The molecule has 0 spiro atoms. The van der Waals surface area contributed by atoms with Crippen LogP contribution >= 0.6 is 0 Å². The van der Waals surface area contributed by atoms with E-state index in [2.05, 4.69) is 4.98 Å². The van der Waals surface area contributed by atoms with Gasteiger partial charge in [0.1, 0.15) is 6.54 Å². The SMILES string of the molecule is CN(C(=O)Cn1cnc(-c2cccc(N)c2)c1)C1CCCC1. The number of carbonyl (C=O) groups excluding carboxylic acids is 1. The van der Waals surface area contributed by atoms with Crippen LogP contribution in [0.4, 0.5) is 5.69 Å². The first kappa shape index (κ1) is 14.6. The van der Waals surface area contributed by atoms with E-state index in [0.717, 1.165) is 24.1 Å². The maximum absolute atomic E-state index is 12.4. The maximum atomic E-state index is 12.4. The van der Waals surface area contributed by atoms with Gasteiger partial charge in [0.2, 0.25) is 5.91 Å². The predicted molar refractivity (Wildman–Crippen MR) is 87.1 cm³/mol. The molecule has 1 fully saturated rings. The van der Waals surface area contributed by atoms with Crippen molar-refractivity contribution in [2.45, 2.75) is 38.3 Å². The molecule has 5 heteroatoms. The summed E-state index contributed by atoms with van der Waals surface area (Å²) >= 11 is 0. The molecular formula is C17H22N4O. The lowest BCUT2D eigenvalue weighted by atomic mass is 10.1. The van der Waals surface area contributed by atoms with Crippen molar-refractivity contribution in [1.82, 2.24) is 14.5 Å². The van der Waals surface area contributed by atoms with Crippen molar-refractivity contribution >= 4 is 11.6 Å². The minimum atomic E-state index is 0.142. The Balaban J connectivity index is 1.67. The number of rotatable bonds is 4. The summed E-state index contributed by atoms with van der Waals surface area (Å²) in [5, 5.41) is 0. The number of hydrogen-bond donors (Lipinski definition) is 1. The second-order valence-electron chi connectivity index (χ2n) is 6.00. The predicted octanol–water partition coefficient (Wildman–Crippen LogP) is 2.53. The van der Waals surface area contributed by atoms with Gasteiger partial charge in [-0.05, 0) is 25.0 Å². The van der Waals surface area contributed by atoms with E-state index >= 15 is 0 Å². The van der Waals surface area contributed by atoms with Gasteiger partial charge in [-0.1, -0.05) is 25.0 Å². The molecule has 2 aromatic rings. The van der Waals surface area contributed by atoms with Gasteiger partial charge >= 0.3 is 0 Å². The number of hydrogen-bond acceptors (Lipinski definition) is 3. The van der Waals surface area contributed by atoms with Crippen LogP contribution in [0.1, 0.15) is 25.7 Å². The van der Waals surface area contributed by atoms with E-state index in [1.165, 1.54) is 12.8 Å². The van der Waals surface area contributed by atoms with Crippen LogP contribution in [0.25, 0.3) is 11.3 Å². The molecule has 2 N–H and O–H groups in total. The zero-order valence-corrected chi connectivity index (χ0v) is 12.9. The minimum Gasteiger partial charge on any atom is -0.399 e. The van der Waals surface area contributed by atoms with E-state index in [1.807, 2.05) is 47.0 Å². The van der Waals surface area contributed by atoms with E-state index in [1.54, 1.807) is 6.33 Å². The first-order valence-electron chi connectivity index (χ1n) is 7.77. The Kier molecular flexibility index (Phi) is 4.13. The maximum Gasteiger partial charge on any atom is 0.242 e. The van der Waals surface area contributed by atoms with Crippen LogP contribution in [-0.2, 0) is 11.3 Å². The molecule has 3 rings (SSSR count). The van der Waals surface area contributed by atoms with Crippen LogP contribution in [0.15, 0.2) is 36.8 Å². The van der Waals surface area contributed by atoms with Gasteiger partial charge in [-0.3, -0.25) is 4.79 Å². The normalized spacial score (nSPS) is 15.1. The Morgan fingerprint density at radius 1 is 1.41 bits per heavy atom. The fourth-order valence-corrected chi connectivity index (χ4v) is 3.06. The van der Waals surface area contributed by atoms with Crippen molar-refractivity contribution in [1.29, 1.82) is 0 Å². The highest BCUT2D eigenvalue weighted by molar-refractivity contribution is 5.76. The fourth-order valence-electron chi connectivity index (χ4n) is 3.06. The van der Waals surface area contributed by atoms with Gasteiger partial charge in [-0.2, -0.15) is 0 Å². The van der Waals surface area contributed by atoms with Crippen molar-refractivity contribution in [2.75, 3.05) is 12.8 Å². The molecular weight excluding hydrogens is 276 g/mol. The van der Waals surface area contributed by atoms with E-state index in [0.29, 0.717) is 18.3 Å². The van der Waals surface area contributed by atoms with E-state index in [4.69, 9.17) is 5.73 Å². The molecule has 0 unspecified atom stereocenters. The van der Waals surface area contributed by atoms with Crippen molar-refractivity contribution < 1.29 is 4.79 Å². The smallest absolute Gasteiger partial charge is 0.242 e. The van der Waals surface area contributed by atoms with Gasteiger partial charge in [-0.25, -0.2) is 4.98 Å². The van der Waals surface area contributed by atoms with E-state index < -0.39 is 0 Å². The lowest BCUT2D eigenvalue weighted by Gasteiger charge is -2.24. The first-order valence-corrected chi connectivity index (χ1v) is 7.77. The number of nitrogens with two attached hydrogens (primary N) is 1. The Bertz CT molecular complexity index is 658. The van der Waals surface area contributed by atoms with Crippen LogP contribution in [0, 0.1) is 0 Å². The molecule has 1 aromatic heterocycles. The highest BCUT2D eigenvalue weighted by Crippen LogP contribution is 2.23. The van der Waals surface area contributed by atoms with E-state index in [9.17, 15) is 4.79 Å². The summed E-state index contributed by atoms with van der Waals surface area (Å²) in [4.78, 5) is 18.6. The standard InChI is InChI=1S/C17H22N4O/c1-20(15-7-2-3-8-15)17(22)11-21-10-16(19-12-21)13-5-4-6-14(18)9-13/h4-6,9-10,12,15H,2-3,7-8,11,18H2,1H3. The fraction of sp³-hybridized carbons (Fsp3) is 0.412. The molecule has 1 heterocycles. The average Bonchev–Trinajstić information content (AvgIpc) is 3.18. The third kappa shape index (κ3) is 3.13. The van der Waals surface area contributed by atoms with E-state index in [-0.39, 0.29) is 5.91 Å². The zero-order valence-electron chi connectivity index (χ0n) is 12.9. The van der Waals surface area contributed by atoms with Gasteiger partial charge in [0, 0.05) is 30.5 Å². The molecule has 116 valence electrons.